The van der Waals surface area contributed by atoms with Crippen molar-refractivity contribution < 1.29 is 17.9 Å². The fraction of sp³-hybridized carbons (Fsp3) is 0.227. The quantitative estimate of drug-likeness (QED) is 0.345. The van der Waals surface area contributed by atoms with Gasteiger partial charge < -0.3 is 10.1 Å². The summed E-state index contributed by atoms with van der Waals surface area (Å²) < 4.78 is 33.9. The van der Waals surface area contributed by atoms with Crippen LogP contribution in [0.1, 0.15) is 34.1 Å². The minimum Gasteiger partial charge on any atom is -0.462 e. The van der Waals surface area contributed by atoms with Crippen molar-refractivity contribution in [3.63, 3.8) is 0 Å². The van der Waals surface area contributed by atoms with Crippen LogP contribution in [0.3, 0.4) is 0 Å². The van der Waals surface area contributed by atoms with Crippen molar-refractivity contribution in [2.75, 3.05) is 16.6 Å². The van der Waals surface area contributed by atoms with Gasteiger partial charge in [-0.15, -0.1) is 22.7 Å². The molecule has 3 aromatic heterocycles. The Morgan fingerprint density at radius 1 is 1.09 bits per heavy atom. The van der Waals surface area contributed by atoms with E-state index in [0.717, 1.165) is 41.0 Å². The number of aromatic nitrogens is 2. The summed E-state index contributed by atoms with van der Waals surface area (Å²) in [5, 5.41) is 5.47. The summed E-state index contributed by atoms with van der Waals surface area (Å²) in [6.45, 7) is 2.04. The first-order valence-corrected chi connectivity index (χ1v) is 13.6. The lowest BCUT2D eigenvalue weighted by Crippen LogP contribution is -2.15. The highest BCUT2D eigenvalue weighted by Crippen LogP contribution is 2.41. The van der Waals surface area contributed by atoms with Crippen molar-refractivity contribution in [2.24, 2.45) is 0 Å². The number of rotatable bonds is 7. The number of thiophene rings is 2. The predicted molar refractivity (Wildman–Crippen MR) is 130 cm³/mol. The van der Waals surface area contributed by atoms with Gasteiger partial charge >= 0.3 is 5.97 Å². The van der Waals surface area contributed by atoms with Crippen LogP contribution in [0.5, 0.6) is 0 Å². The van der Waals surface area contributed by atoms with E-state index >= 15 is 0 Å². The number of esters is 1. The van der Waals surface area contributed by atoms with Crippen LogP contribution in [-0.4, -0.2) is 31.0 Å². The molecule has 1 aromatic carbocycles. The maximum Gasteiger partial charge on any atom is 0.341 e. The van der Waals surface area contributed by atoms with Crippen LogP contribution in [0.15, 0.2) is 46.0 Å². The second-order valence-electron chi connectivity index (χ2n) is 7.35. The third-order valence-electron chi connectivity index (χ3n) is 5.19. The van der Waals surface area contributed by atoms with E-state index in [1.54, 1.807) is 30.5 Å². The first-order valence-electron chi connectivity index (χ1n) is 10.4. The molecule has 4 aromatic rings. The van der Waals surface area contributed by atoms with Crippen LogP contribution >= 0.6 is 22.7 Å². The normalized spacial score (nSPS) is 13.1. The monoisotopic (exact) mass is 500 g/mol. The van der Waals surface area contributed by atoms with Crippen LogP contribution in [-0.2, 0) is 27.6 Å². The molecule has 0 bridgehead atoms. The molecule has 33 heavy (non-hydrogen) atoms. The number of nitrogens with zero attached hydrogens (tertiary/aromatic N) is 2. The molecule has 0 spiro atoms. The molecule has 0 amide bonds. The molecule has 0 aliphatic heterocycles. The van der Waals surface area contributed by atoms with Crippen LogP contribution in [0.4, 0.5) is 16.6 Å². The number of nitrogens with one attached hydrogen (secondary N) is 2. The van der Waals surface area contributed by atoms with E-state index in [9.17, 15) is 13.2 Å². The summed E-state index contributed by atoms with van der Waals surface area (Å²) >= 11 is 2.58. The second kappa shape index (κ2) is 8.73. The molecule has 2 N–H and O–H groups in total. The fourth-order valence-corrected chi connectivity index (χ4v) is 7.05. The highest BCUT2D eigenvalue weighted by Gasteiger charge is 2.29. The van der Waals surface area contributed by atoms with E-state index in [-0.39, 0.29) is 22.5 Å². The Labute approximate surface area is 198 Å². The van der Waals surface area contributed by atoms with Crippen molar-refractivity contribution in [3.05, 3.63) is 57.8 Å². The highest BCUT2D eigenvalue weighted by molar-refractivity contribution is 7.94. The van der Waals surface area contributed by atoms with E-state index in [1.807, 2.05) is 12.1 Å². The van der Waals surface area contributed by atoms with Gasteiger partial charge in [-0.05, 0) is 55.3 Å². The molecule has 0 saturated heterocycles. The molecule has 0 unspecified atom stereocenters. The van der Waals surface area contributed by atoms with E-state index < -0.39 is 16.0 Å². The van der Waals surface area contributed by atoms with E-state index in [4.69, 9.17) is 4.74 Å². The van der Waals surface area contributed by atoms with Gasteiger partial charge in [0.2, 0.25) is 0 Å². The van der Waals surface area contributed by atoms with Crippen molar-refractivity contribution in [3.8, 4) is 0 Å². The summed E-state index contributed by atoms with van der Waals surface area (Å²) in [5.74, 6) is -0.112. The van der Waals surface area contributed by atoms with E-state index in [1.165, 1.54) is 17.4 Å². The van der Waals surface area contributed by atoms with Gasteiger partial charge in [-0.25, -0.2) is 23.2 Å². The maximum absolute atomic E-state index is 12.9. The lowest BCUT2D eigenvalue weighted by Gasteiger charge is -2.14. The Balaban J connectivity index is 1.60. The number of ether oxygens (including phenoxy) is 1. The summed E-state index contributed by atoms with van der Waals surface area (Å²) in [6, 6.07) is 10.4. The van der Waals surface area contributed by atoms with Gasteiger partial charge in [-0.2, -0.15) is 0 Å². The molecule has 0 atom stereocenters. The van der Waals surface area contributed by atoms with Crippen molar-refractivity contribution in [1.29, 1.82) is 0 Å². The topological polar surface area (TPSA) is 110 Å². The summed E-state index contributed by atoms with van der Waals surface area (Å²) in [4.78, 5) is 23.0. The van der Waals surface area contributed by atoms with Gasteiger partial charge in [0.15, 0.2) is 11.6 Å². The summed E-state index contributed by atoms with van der Waals surface area (Å²) in [5.41, 5.74) is 2.64. The first-order chi connectivity index (χ1) is 16.0. The van der Waals surface area contributed by atoms with Gasteiger partial charge in [0, 0.05) is 4.88 Å². The van der Waals surface area contributed by atoms with Crippen LogP contribution in [0, 0.1) is 0 Å². The van der Waals surface area contributed by atoms with Crippen molar-refractivity contribution in [1.82, 2.24) is 9.97 Å². The number of anilines is 3. The Morgan fingerprint density at radius 3 is 2.55 bits per heavy atom. The summed E-state index contributed by atoms with van der Waals surface area (Å²) in [6.07, 6.45) is 2.70. The third kappa shape index (κ3) is 4.19. The average Bonchev–Trinajstić information content (AvgIpc) is 3.52. The zero-order chi connectivity index (χ0) is 23.0. The SMILES string of the molecule is CCOC(=O)c1c(Nc2nc3ccccc3nc2NS(=O)(=O)c2cccs2)sc2c1CCC2. The molecule has 1 aliphatic carbocycles. The number of benzene rings is 1. The number of carbonyl (C=O) groups excluding carboxylic acids is 1. The molecule has 8 nitrogen and oxygen atoms in total. The van der Waals surface area contributed by atoms with Crippen molar-refractivity contribution >= 4 is 66.3 Å². The van der Waals surface area contributed by atoms with E-state index in [0.29, 0.717) is 21.6 Å². The Bertz CT molecular complexity index is 1450. The average molecular weight is 501 g/mol. The number of fused-ring (bicyclic) bond motifs is 2. The standard InChI is InChI=1S/C22H20N4O4S3/c1-2-30-22(27)18-13-7-5-10-16(13)32-21(18)25-19-20(24-15-9-4-3-8-14(15)23-19)26-33(28,29)17-11-6-12-31-17/h3-4,6,8-9,11-12H,2,5,7,10H2,1H3,(H,23,25)(H,24,26). The van der Waals surface area contributed by atoms with Crippen LogP contribution in [0.2, 0.25) is 0 Å². The van der Waals surface area contributed by atoms with Crippen molar-refractivity contribution in [2.45, 2.75) is 30.4 Å². The molecular weight excluding hydrogens is 480 g/mol. The lowest BCUT2D eigenvalue weighted by molar-refractivity contribution is 0.0527. The number of sulfonamides is 1. The Morgan fingerprint density at radius 2 is 1.85 bits per heavy atom. The van der Waals surface area contributed by atoms with Gasteiger partial charge in [0.1, 0.15) is 9.21 Å². The Kier molecular flexibility index (Phi) is 5.77. The number of hydrogen-bond donors (Lipinski definition) is 2. The molecule has 0 radical (unpaired) electrons. The number of carbonyl (C=O) groups is 1. The predicted octanol–water partition coefficient (Wildman–Crippen LogP) is 4.96. The molecule has 5 rings (SSSR count). The minimum atomic E-state index is -3.85. The molecule has 0 fully saturated rings. The lowest BCUT2D eigenvalue weighted by atomic mass is 10.1. The third-order valence-corrected chi connectivity index (χ3v) is 9.14. The zero-order valence-electron chi connectivity index (χ0n) is 17.6. The smallest absolute Gasteiger partial charge is 0.341 e. The molecular formula is C22H20N4O4S3. The molecule has 11 heteroatoms. The first kappa shape index (κ1) is 21.8. The number of aryl methyl sites for hydroxylation is 1. The largest absolute Gasteiger partial charge is 0.462 e. The molecule has 0 saturated carbocycles. The maximum atomic E-state index is 12.9. The van der Waals surface area contributed by atoms with Gasteiger partial charge in [0.05, 0.1) is 23.2 Å². The molecule has 170 valence electrons. The van der Waals surface area contributed by atoms with E-state index in [2.05, 4.69) is 20.0 Å². The second-order valence-corrected chi connectivity index (χ2v) is 11.3. The highest BCUT2D eigenvalue weighted by atomic mass is 32.2. The fourth-order valence-electron chi connectivity index (χ4n) is 3.77. The van der Waals surface area contributed by atoms with Gasteiger partial charge in [-0.1, -0.05) is 18.2 Å². The zero-order valence-corrected chi connectivity index (χ0v) is 20.1. The minimum absolute atomic E-state index is 0.0606. The van der Waals surface area contributed by atoms with Crippen LogP contribution < -0.4 is 10.0 Å². The van der Waals surface area contributed by atoms with Crippen LogP contribution in [0.25, 0.3) is 11.0 Å². The van der Waals surface area contributed by atoms with Gasteiger partial charge in [0.25, 0.3) is 10.0 Å². The number of para-hydroxylation sites is 2. The molecule has 1 aliphatic rings. The number of hydrogen-bond acceptors (Lipinski definition) is 9. The van der Waals surface area contributed by atoms with Gasteiger partial charge in [-0.3, -0.25) is 4.72 Å². The molecule has 3 heterocycles. The summed E-state index contributed by atoms with van der Waals surface area (Å²) in [7, 11) is -3.85. The Hall–Kier alpha value is -3.02.